The molecule has 1 fully saturated rings. The van der Waals surface area contributed by atoms with Crippen molar-refractivity contribution < 1.29 is 14.6 Å². The van der Waals surface area contributed by atoms with E-state index in [0.717, 1.165) is 24.3 Å². The molecule has 25 heavy (non-hydrogen) atoms. The molecule has 0 spiro atoms. The van der Waals surface area contributed by atoms with Crippen molar-refractivity contribution in [1.82, 2.24) is 15.3 Å². The predicted molar refractivity (Wildman–Crippen MR) is 95.4 cm³/mol. The molecule has 0 aliphatic carbocycles. The van der Waals surface area contributed by atoms with E-state index in [9.17, 15) is 9.90 Å². The molecule has 0 radical (unpaired) electrons. The van der Waals surface area contributed by atoms with Gasteiger partial charge in [0, 0.05) is 43.9 Å². The fourth-order valence-corrected chi connectivity index (χ4v) is 2.75. The third kappa shape index (κ3) is 5.91. The fraction of sp³-hybridized carbons (Fsp3) is 0.706. The molecule has 1 aliphatic rings. The summed E-state index contributed by atoms with van der Waals surface area (Å²) in [6.45, 7) is 8.21. The van der Waals surface area contributed by atoms with Crippen LogP contribution in [0.2, 0.25) is 0 Å². The van der Waals surface area contributed by atoms with Gasteiger partial charge in [-0.3, -0.25) is 4.79 Å². The number of hydrogen-bond donors (Lipinski definition) is 3. The molecule has 0 saturated carbocycles. The average molecular weight is 351 g/mol. The molecular weight excluding hydrogens is 322 g/mol. The van der Waals surface area contributed by atoms with Gasteiger partial charge in [0.2, 0.25) is 5.95 Å². The number of esters is 1. The van der Waals surface area contributed by atoms with Crippen LogP contribution in [-0.4, -0.2) is 65.5 Å². The Morgan fingerprint density at radius 1 is 1.52 bits per heavy atom. The summed E-state index contributed by atoms with van der Waals surface area (Å²) < 4.78 is 5.38. The Hall–Kier alpha value is -1.77. The molecule has 2 heterocycles. The Balaban J connectivity index is 2.15. The number of aliphatic hydroxyl groups excluding tert-OH is 1. The van der Waals surface area contributed by atoms with Gasteiger partial charge in [0.05, 0.1) is 18.7 Å². The molecule has 1 aromatic rings. The number of ether oxygens (including phenoxy) is 1. The number of aliphatic hydroxyl groups is 1. The molecule has 1 atom stereocenters. The number of hydrogen-bond acceptors (Lipinski definition) is 8. The molecule has 2 rings (SSSR count). The zero-order valence-corrected chi connectivity index (χ0v) is 15.3. The Labute approximate surface area is 148 Å². The molecule has 8 nitrogen and oxygen atoms in total. The van der Waals surface area contributed by atoms with Crippen LogP contribution in [-0.2, 0) is 22.4 Å². The van der Waals surface area contributed by atoms with E-state index in [-0.39, 0.29) is 25.0 Å². The Morgan fingerprint density at radius 3 is 2.92 bits per heavy atom. The SMILES string of the molecule is CC(C)(C)OC(=O)Cc1cnc(N2CCN[C@@H](CO)C2)nc1CCN. The van der Waals surface area contributed by atoms with Crippen LogP contribution in [0.25, 0.3) is 0 Å². The quantitative estimate of drug-likeness (QED) is 0.595. The number of aromatic nitrogens is 2. The summed E-state index contributed by atoms with van der Waals surface area (Å²) in [6.07, 6.45) is 2.39. The van der Waals surface area contributed by atoms with Gasteiger partial charge in [0.25, 0.3) is 0 Å². The van der Waals surface area contributed by atoms with Gasteiger partial charge in [-0.15, -0.1) is 0 Å². The first kappa shape index (κ1) is 19.6. The summed E-state index contributed by atoms with van der Waals surface area (Å²) in [4.78, 5) is 23.2. The monoisotopic (exact) mass is 351 g/mol. The second-order valence-electron chi connectivity index (χ2n) is 7.22. The van der Waals surface area contributed by atoms with Gasteiger partial charge in [-0.1, -0.05) is 0 Å². The first-order valence-electron chi connectivity index (χ1n) is 8.68. The smallest absolute Gasteiger partial charge is 0.310 e. The lowest BCUT2D eigenvalue weighted by atomic mass is 10.1. The predicted octanol–water partition coefficient (Wildman–Crippen LogP) is -0.367. The highest BCUT2D eigenvalue weighted by Gasteiger charge is 2.23. The average Bonchev–Trinajstić information content (AvgIpc) is 2.55. The van der Waals surface area contributed by atoms with Crippen LogP contribution in [0.15, 0.2) is 6.20 Å². The van der Waals surface area contributed by atoms with Crippen molar-refractivity contribution in [2.75, 3.05) is 37.7 Å². The summed E-state index contributed by atoms with van der Waals surface area (Å²) in [5, 5.41) is 12.6. The summed E-state index contributed by atoms with van der Waals surface area (Å²) >= 11 is 0. The summed E-state index contributed by atoms with van der Waals surface area (Å²) in [5.74, 6) is 0.306. The van der Waals surface area contributed by atoms with Crippen molar-refractivity contribution in [3.63, 3.8) is 0 Å². The van der Waals surface area contributed by atoms with Gasteiger partial charge < -0.3 is 25.8 Å². The highest BCUT2D eigenvalue weighted by molar-refractivity contribution is 5.73. The van der Waals surface area contributed by atoms with Crippen molar-refractivity contribution in [2.24, 2.45) is 5.73 Å². The van der Waals surface area contributed by atoms with E-state index in [4.69, 9.17) is 10.5 Å². The molecule has 1 saturated heterocycles. The summed E-state index contributed by atoms with van der Waals surface area (Å²) in [7, 11) is 0. The molecule has 4 N–H and O–H groups in total. The number of rotatable bonds is 6. The lowest BCUT2D eigenvalue weighted by molar-refractivity contribution is -0.153. The second kappa shape index (κ2) is 8.55. The van der Waals surface area contributed by atoms with Crippen LogP contribution in [0.4, 0.5) is 5.95 Å². The maximum Gasteiger partial charge on any atom is 0.310 e. The van der Waals surface area contributed by atoms with Crippen molar-refractivity contribution >= 4 is 11.9 Å². The minimum absolute atomic E-state index is 0.0109. The molecule has 0 aromatic carbocycles. The second-order valence-corrected chi connectivity index (χ2v) is 7.22. The number of carbonyl (C=O) groups excluding carboxylic acids is 1. The molecular formula is C17H29N5O3. The molecule has 0 unspecified atom stereocenters. The van der Waals surface area contributed by atoms with Gasteiger partial charge in [-0.2, -0.15) is 0 Å². The molecule has 1 aromatic heterocycles. The third-order valence-corrected chi connectivity index (χ3v) is 3.84. The van der Waals surface area contributed by atoms with Crippen LogP contribution < -0.4 is 16.0 Å². The lowest BCUT2D eigenvalue weighted by Crippen LogP contribution is -2.52. The Morgan fingerprint density at radius 2 is 2.28 bits per heavy atom. The third-order valence-electron chi connectivity index (χ3n) is 3.84. The molecule has 0 bridgehead atoms. The number of nitrogens with zero attached hydrogens (tertiary/aromatic N) is 3. The largest absolute Gasteiger partial charge is 0.460 e. The van der Waals surface area contributed by atoms with Crippen LogP contribution >= 0.6 is 0 Å². The van der Waals surface area contributed by atoms with Gasteiger partial charge in [0.1, 0.15) is 5.60 Å². The highest BCUT2D eigenvalue weighted by Crippen LogP contribution is 2.16. The minimum Gasteiger partial charge on any atom is -0.460 e. The number of piperazine rings is 1. The summed E-state index contributed by atoms with van der Waals surface area (Å²) in [6, 6.07) is 0.0109. The van der Waals surface area contributed by atoms with Gasteiger partial charge >= 0.3 is 5.97 Å². The van der Waals surface area contributed by atoms with E-state index in [1.54, 1.807) is 6.20 Å². The van der Waals surface area contributed by atoms with Gasteiger partial charge in [-0.25, -0.2) is 9.97 Å². The van der Waals surface area contributed by atoms with E-state index in [0.29, 0.717) is 25.5 Å². The maximum absolute atomic E-state index is 12.1. The van der Waals surface area contributed by atoms with Gasteiger partial charge in [0.15, 0.2) is 0 Å². The molecule has 0 amide bonds. The molecule has 1 aliphatic heterocycles. The van der Waals surface area contributed by atoms with Crippen LogP contribution in [0.1, 0.15) is 32.0 Å². The summed E-state index contributed by atoms with van der Waals surface area (Å²) in [5.41, 5.74) is 6.70. The normalized spacial score (nSPS) is 18.3. The first-order chi connectivity index (χ1) is 11.8. The van der Waals surface area contributed by atoms with E-state index < -0.39 is 5.60 Å². The Kier molecular flexibility index (Phi) is 6.69. The van der Waals surface area contributed by atoms with E-state index in [1.165, 1.54) is 0 Å². The highest BCUT2D eigenvalue weighted by atomic mass is 16.6. The van der Waals surface area contributed by atoms with Crippen molar-refractivity contribution in [1.29, 1.82) is 0 Å². The lowest BCUT2D eigenvalue weighted by Gasteiger charge is -2.33. The van der Waals surface area contributed by atoms with E-state index in [1.807, 2.05) is 25.7 Å². The van der Waals surface area contributed by atoms with Crippen LogP contribution in [0.3, 0.4) is 0 Å². The zero-order chi connectivity index (χ0) is 18.4. The number of carbonyl (C=O) groups is 1. The maximum atomic E-state index is 12.1. The van der Waals surface area contributed by atoms with Crippen LogP contribution in [0, 0.1) is 0 Å². The first-order valence-corrected chi connectivity index (χ1v) is 8.68. The number of nitrogens with two attached hydrogens (primary N) is 1. The standard InChI is InChI=1S/C17H29N5O3/c1-17(2,3)25-15(24)8-12-9-20-16(21-14(12)4-5-18)22-7-6-19-13(10-22)11-23/h9,13,19,23H,4-8,10-11,18H2,1-3H3/t13-/m1/s1. The van der Waals surface area contributed by atoms with Crippen molar-refractivity contribution in [2.45, 2.75) is 45.3 Å². The van der Waals surface area contributed by atoms with Crippen molar-refractivity contribution in [3.05, 3.63) is 17.5 Å². The number of nitrogens with one attached hydrogen (secondary N) is 1. The topological polar surface area (TPSA) is 114 Å². The van der Waals surface area contributed by atoms with E-state index in [2.05, 4.69) is 15.3 Å². The minimum atomic E-state index is -0.522. The fourth-order valence-electron chi connectivity index (χ4n) is 2.75. The number of anilines is 1. The zero-order valence-electron chi connectivity index (χ0n) is 15.3. The van der Waals surface area contributed by atoms with Crippen molar-refractivity contribution in [3.8, 4) is 0 Å². The van der Waals surface area contributed by atoms with Gasteiger partial charge in [-0.05, 0) is 27.3 Å². The van der Waals surface area contributed by atoms with Crippen LogP contribution in [0.5, 0.6) is 0 Å². The molecule has 140 valence electrons. The Bertz CT molecular complexity index is 588. The van der Waals surface area contributed by atoms with E-state index >= 15 is 0 Å². The molecule has 8 heteroatoms.